The number of para-hydroxylation sites is 1. The topological polar surface area (TPSA) is 18.5 Å². The number of hydrogen-bond acceptors (Lipinski definition) is 2. The number of benzene rings is 2. The standard InChI is InChI=1S/C17H17BrO2/c18-11-13-5-7-15(8-6-13)20-12-14-9-10-19-17-4-2-1-3-16(14)17/h1-8,14H,9-12H2. The van der Waals surface area contributed by atoms with Crippen molar-refractivity contribution in [2.75, 3.05) is 13.2 Å². The minimum absolute atomic E-state index is 0.413. The van der Waals surface area contributed by atoms with Gasteiger partial charge in [-0.1, -0.05) is 46.3 Å². The van der Waals surface area contributed by atoms with Crippen molar-refractivity contribution in [2.45, 2.75) is 17.7 Å². The molecule has 2 aromatic carbocycles. The van der Waals surface area contributed by atoms with Crippen molar-refractivity contribution in [3.8, 4) is 11.5 Å². The van der Waals surface area contributed by atoms with Gasteiger partial charge in [0.05, 0.1) is 13.2 Å². The normalized spacial score (nSPS) is 17.1. The first-order chi connectivity index (χ1) is 9.86. The Morgan fingerprint density at radius 3 is 2.70 bits per heavy atom. The molecular formula is C17H17BrO2. The van der Waals surface area contributed by atoms with Gasteiger partial charge in [0, 0.05) is 16.8 Å². The molecule has 1 aliphatic heterocycles. The second-order valence-electron chi connectivity index (χ2n) is 4.96. The summed E-state index contributed by atoms with van der Waals surface area (Å²) in [6.45, 7) is 1.47. The fraction of sp³-hybridized carbons (Fsp3) is 0.294. The zero-order valence-electron chi connectivity index (χ0n) is 11.2. The molecule has 2 aromatic rings. The zero-order valence-corrected chi connectivity index (χ0v) is 12.8. The molecular weight excluding hydrogens is 316 g/mol. The third-order valence-corrected chi connectivity index (χ3v) is 4.26. The van der Waals surface area contributed by atoms with Gasteiger partial charge in [0.2, 0.25) is 0 Å². The first kappa shape index (κ1) is 13.5. The van der Waals surface area contributed by atoms with Gasteiger partial charge in [0.25, 0.3) is 0 Å². The van der Waals surface area contributed by atoms with Crippen LogP contribution in [0.25, 0.3) is 0 Å². The third kappa shape index (κ3) is 2.98. The van der Waals surface area contributed by atoms with Crippen molar-refractivity contribution in [2.24, 2.45) is 0 Å². The van der Waals surface area contributed by atoms with E-state index in [1.165, 1.54) is 11.1 Å². The van der Waals surface area contributed by atoms with E-state index in [0.717, 1.165) is 29.9 Å². The van der Waals surface area contributed by atoms with E-state index in [1.807, 2.05) is 24.3 Å². The maximum absolute atomic E-state index is 5.93. The van der Waals surface area contributed by atoms with E-state index in [4.69, 9.17) is 9.47 Å². The minimum Gasteiger partial charge on any atom is -0.493 e. The minimum atomic E-state index is 0.413. The molecule has 1 heterocycles. The van der Waals surface area contributed by atoms with E-state index < -0.39 is 0 Å². The maximum Gasteiger partial charge on any atom is 0.122 e. The number of rotatable bonds is 4. The quantitative estimate of drug-likeness (QED) is 0.766. The lowest BCUT2D eigenvalue weighted by Crippen LogP contribution is -2.19. The molecule has 3 rings (SSSR count). The monoisotopic (exact) mass is 332 g/mol. The number of fused-ring (bicyclic) bond motifs is 1. The van der Waals surface area contributed by atoms with E-state index in [9.17, 15) is 0 Å². The van der Waals surface area contributed by atoms with Crippen LogP contribution < -0.4 is 9.47 Å². The lowest BCUT2D eigenvalue weighted by molar-refractivity contribution is 0.217. The lowest BCUT2D eigenvalue weighted by atomic mass is 9.94. The molecule has 0 aromatic heterocycles. The number of halogens is 1. The predicted octanol–water partition coefficient (Wildman–Crippen LogP) is 4.53. The zero-order chi connectivity index (χ0) is 13.8. The van der Waals surface area contributed by atoms with Crippen LogP contribution in [0.15, 0.2) is 48.5 Å². The Hall–Kier alpha value is -1.48. The number of ether oxygens (including phenoxy) is 2. The Labute approximate surface area is 127 Å². The van der Waals surface area contributed by atoms with Crippen molar-refractivity contribution in [3.05, 3.63) is 59.7 Å². The highest BCUT2D eigenvalue weighted by Crippen LogP contribution is 2.33. The summed E-state index contributed by atoms with van der Waals surface area (Å²) < 4.78 is 11.6. The summed E-state index contributed by atoms with van der Waals surface area (Å²) in [5.41, 5.74) is 2.52. The Bertz CT molecular complexity index is 565. The second-order valence-corrected chi connectivity index (χ2v) is 5.52. The fourth-order valence-electron chi connectivity index (χ4n) is 2.46. The summed E-state index contributed by atoms with van der Waals surface area (Å²) in [6, 6.07) is 16.5. The number of alkyl halides is 1. The second kappa shape index (κ2) is 6.31. The average molecular weight is 333 g/mol. The summed E-state index contributed by atoms with van der Waals surface area (Å²) in [6.07, 6.45) is 1.01. The summed E-state index contributed by atoms with van der Waals surface area (Å²) in [5, 5.41) is 0.876. The van der Waals surface area contributed by atoms with E-state index in [1.54, 1.807) is 0 Å². The van der Waals surface area contributed by atoms with Crippen molar-refractivity contribution in [1.82, 2.24) is 0 Å². The van der Waals surface area contributed by atoms with Gasteiger partial charge in [0.15, 0.2) is 0 Å². The first-order valence-corrected chi connectivity index (χ1v) is 7.98. The van der Waals surface area contributed by atoms with Crippen molar-refractivity contribution >= 4 is 15.9 Å². The van der Waals surface area contributed by atoms with Crippen LogP contribution in [0.2, 0.25) is 0 Å². The molecule has 2 nitrogen and oxygen atoms in total. The van der Waals surface area contributed by atoms with Gasteiger partial charge < -0.3 is 9.47 Å². The van der Waals surface area contributed by atoms with Gasteiger partial charge in [0.1, 0.15) is 11.5 Å². The molecule has 104 valence electrons. The van der Waals surface area contributed by atoms with Crippen LogP contribution in [-0.2, 0) is 5.33 Å². The SMILES string of the molecule is BrCc1ccc(OCC2CCOc3ccccc32)cc1. The van der Waals surface area contributed by atoms with Crippen LogP contribution in [0.4, 0.5) is 0 Å². The first-order valence-electron chi connectivity index (χ1n) is 6.86. The van der Waals surface area contributed by atoms with Crippen LogP contribution in [-0.4, -0.2) is 13.2 Å². The molecule has 0 fully saturated rings. The van der Waals surface area contributed by atoms with Gasteiger partial charge in [-0.15, -0.1) is 0 Å². The summed E-state index contributed by atoms with van der Waals surface area (Å²) in [5.74, 6) is 2.34. The van der Waals surface area contributed by atoms with Gasteiger partial charge in [-0.25, -0.2) is 0 Å². The molecule has 1 atom stereocenters. The summed E-state index contributed by atoms with van der Waals surface area (Å²) in [4.78, 5) is 0. The van der Waals surface area contributed by atoms with Crippen molar-refractivity contribution in [3.63, 3.8) is 0 Å². The van der Waals surface area contributed by atoms with Crippen LogP contribution in [0.1, 0.15) is 23.5 Å². The number of hydrogen-bond donors (Lipinski definition) is 0. The Balaban J connectivity index is 1.66. The average Bonchev–Trinajstić information content (AvgIpc) is 2.53. The molecule has 0 aliphatic carbocycles. The third-order valence-electron chi connectivity index (χ3n) is 3.61. The van der Waals surface area contributed by atoms with Crippen LogP contribution in [0, 0.1) is 0 Å². The van der Waals surface area contributed by atoms with Gasteiger partial charge in [-0.05, 0) is 30.2 Å². The van der Waals surface area contributed by atoms with E-state index >= 15 is 0 Å². The lowest BCUT2D eigenvalue weighted by Gasteiger charge is -2.25. The highest BCUT2D eigenvalue weighted by molar-refractivity contribution is 9.08. The van der Waals surface area contributed by atoms with Gasteiger partial charge >= 0.3 is 0 Å². The van der Waals surface area contributed by atoms with Gasteiger partial charge in [-0.3, -0.25) is 0 Å². The highest BCUT2D eigenvalue weighted by atomic mass is 79.9. The van der Waals surface area contributed by atoms with Crippen LogP contribution in [0.5, 0.6) is 11.5 Å². The maximum atomic E-state index is 5.93. The molecule has 3 heteroatoms. The van der Waals surface area contributed by atoms with E-state index in [2.05, 4.69) is 40.2 Å². The molecule has 1 aliphatic rings. The molecule has 0 N–H and O–H groups in total. The van der Waals surface area contributed by atoms with E-state index in [0.29, 0.717) is 12.5 Å². The molecule has 0 bridgehead atoms. The molecule has 0 amide bonds. The molecule has 0 spiro atoms. The van der Waals surface area contributed by atoms with Crippen LogP contribution in [0.3, 0.4) is 0 Å². The summed E-state index contributed by atoms with van der Waals surface area (Å²) >= 11 is 3.45. The largest absolute Gasteiger partial charge is 0.493 e. The molecule has 0 saturated carbocycles. The Morgan fingerprint density at radius 1 is 1.10 bits per heavy atom. The van der Waals surface area contributed by atoms with Crippen molar-refractivity contribution < 1.29 is 9.47 Å². The predicted molar refractivity (Wildman–Crippen MR) is 83.9 cm³/mol. The summed E-state index contributed by atoms with van der Waals surface area (Å²) in [7, 11) is 0. The van der Waals surface area contributed by atoms with Crippen molar-refractivity contribution in [1.29, 1.82) is 0 Å². The van der Waals surface area contributed by atoms with Crippen LogP contribution >= 0.6 is 15.9 Å². The molecule has 0 saturated heterocycles. The Morgan fingerprint density at radius 2 is 1.90 bits per heavy atom. The van der Waals surface area contributed by atoms with E-state index in [-0.39, 0.29) is 0 Å². The molecule has 0 radical (unpaired) electrons. The smallest absolute Gasteiger partial charge is 0.122 e. The fourth-order valence-corrected chi connectivity index (χ4v) is 2.83. The Kier molecular flexibility index (Phi) is 4.26. The highest BCUT2D eigenvalue weighted by Gasteiger charge is 2.21. The van der Waals surface area contributed by atoms with Gasteiger partial charge in [-0.2, -0.15) is 0 Å². The molecule has 20 heavy (non-hydrogen) atoms. The molecule has 1 unspecified atom stereocenters.